The van der Waals surface area contributed by atoms with Crippen LogP contribution in [0.4, 0.5) is 0 Å². The van der Waals surface area contributed by atoms with Gasteiger partial charge in [0, 0.05) is 19.1 Å². The molecule has 96 valence electrons. The molecule has 3 atom stereocenters. The zero-order valence-electron chi connectivity index (χ0n) is 10.7. The molecule has 0 bridgehead atoms. The van der Waals surface area contributed by atoms with Gasteiger partial charge in [0.2, 0.25) is 5.91 Å². The summed E-state index contributed by atoms with van der Waals surface area (Å²) < 4.78 is 5.57. The van der Waals surface area contributed by atoms with Gasteiger partial charge >= 0.3 is 0 Å². The standard InChI is InChI=1S/C13H22N2O2/c1-3-5-10(8-14)13(16)15-9-11-6-7-17-12(11)4-2/h10-12H,3-7,9H2,1-2H3,(H,15,16). The van der Waals surface area contributed by atoms with Crippen molar-refractivity contribution in [3.05, 3.63) is 0 Å². The Bertz CT molecular complexity index is 286. The summed E-state index contributed by atoms with van der Waals surface area (Å²) in [7, 11) is 0. The van der Waals surface area contributed by atoms with E-state index in [4.69, 9.17) is 10.00 Å². The van der Waals surface area contributed by atoms with E-state index in [1.54, 1.807) is 0 Å². The van der Waals surface area contributed by atoms with Crippen LogP contribution in [0.2, 0.25) is 0 Å². The smallest absolute Gasteiger partial charge is 0.237 e. The Hall–Kier alpha value is -1.08. The number of rotatable bonds is 6. The number of amides is 1. The molecule has 1 aliphatic rings. The molecule has 0 aliphatic carbocycles. The van der Waals surface area contributed by atoms with Gasteiger partial charge in [-0.3, -0.25) is 4.79 Å². The highest BCUT2D eigenvalue weighted by molar-refractivity contribution is 5.80. The van der Waals surface area contributed by atoms with E-state index in [0.29, 0.717) is 18.9 Å². The fourth-order valence-electron chi connectivity index (χ4n) is 2.28. The average Bonchev–Trinajstić information content (AvgIpc) is 2.80. The Kier molecular flexibility index (Phi) is 5.99. The van der Waals surface area contributed by atoms with E-state index < -0.39 is 5.92 Å². The van der Waals surface area contributed by atoms with Crippen molar-refractivity contribution in [2.45, 2.75) is 45.6 Å². The number of hydrogen-bond acceptors (Lipinski definition) is 3. The van der Waals surface area contributed by atoms with E-state index in [9.17, 15) is 4.79 Å². The van der Waals surface area contributed by atoms with Crippen LogP contribution in [0.3, 0.4) is 0 Å². The first-order valence-corrected chi connectivity index (χ1v) is 6.51. The number of nitrogens with zero attached hydrogens (tertiary/aromatic N) is 1. The highest BCUT2D eigenvalue weighted by atomic mass is 16.5. The Morgan fingerprint density at radius 3 is 2.94 bits per heavy atom. The van der Waals surface area contributed by atoms with E-state index in [-0.39, 0.29) is 12.0 Å². The van der Waals surface area contributed by atoms with Crippen LogP contribution in [-0.2, 0) is 9.53 Å². The molecule has 0 aromatic rings. The largest absolute Gasteiger partial charge is 0.378 e. The Labute approximate surface area is 103 Å². The molecule has 0 spiro atoms. The molecule has 1 rings (SSSR count). The van der Waals surface area contributed by atoms with E-state index in [2.05, 4.69) is 18.3 Å². The van der Waals surface area contributed by atoms with Gasteiger partial charge in [-0.1, -0.05) is 20.3 Å². The van der Waals surface area contributed by atoms with Crippen LogP contribution < -0.4 is 5.32 Å². The van der Waals surface area contributed by atoms with E-state index in [0.717, 1.165) is 25.9 Å². The van der Waals surface area contributed by atoms with Gasteiger partial charge in [-0.15, -0.1) is 0 Å². The Balaban J connectivity index is 2.34. The van der Waals surface area contributed by atoms with Crippen molar-refractivity contribution in [3.8, 4) is 6.07 Å². The zero-order chi connectivity index (χ0) is 12.7. The molecule has 1 saturated heterocycles. The number of nitriles is 1. The molecule has 1 amide bonds. The van der Waals surface area contributed by atoms with Crippen LogP contribution in [-0.4, -0.2) is 25.2 Å². The van der Waals surface area contributed by atoms with E-state index >= 15 is 0 Å². The lowest BCUT2D eigenvalue weighted by molar-refractivity contribution is -0.123. The molecule has 0 radical (unpaired) electrons. The summed E-state index contributed by atoms with van der Waals surface area (Å²) in [5.74, 6) is -0.219. The first kappa shape index (κ1) is 14.0. The van der Waals surface area contributed by atoms with Crippen molar-refractivity contribution in [1.29, 1.82) is 5.26 Å². The Morgan fingerprint density at radius 1 is 1.59 bits per heavy atom. The molecule has 4 heteroatoms. The first-order chi connectivity index (χ1) is 8.22. The highest BCUT2D eigenvalue weighted by Crippen LogP contribution is 2.22. The summed E-state index contributed by atoms with van der Waals surface area (Å²) in [5.41, 5.74) is 0. The van der Waals surface area contributed by atoms with Crippen LogP contribution in [0, 0.1) is 23.2 Å². The van der Waals surface area contributed by atoms with Crippen LogP contribution in [0.1, 0.15) is 39.5 Å². The fourth-order valence-corrected chi connectivity index (χ4v) is 2.28. The third kappa shape index (κ3) is 4.01. The zero-order valence-corrected chi connectivity index (χ0v) is 10.7. The van der Waals surface area contributed by atoms with Crippen molar-refractivity contribution in [1.82, 2.24) is 5.32 Å². The van der Waals surface area contributed by atoms with Crippen molar-refractivity contribution in [3.63, 3.8) is 0 Å². The van der Waals surface area contributed by atoms with Gasteiger partial charge in [-0.25, -0.2) is 0 Å². The van der Waals surface area contributed by atoms with Crippen LogP contribution in [0.25, 0.3) is 0 Å². The maximum atomic E-state index is 11.7. The summed E-state index contributed by atoms with van der Waals surface area (Å²) in [6.45, 7) is 5.50. The minimum Gasteiger partial charge on any atom is -0.378 e. The molecule has 3 unspecified atom stereocenters. The van der Waals surface area contributed by atoms with E-state index in [1.165, 1.54) is 0 Å². The molecule has 4 nitrogen and oxygen atoms in total. The minimum absolute atomic E-state index is 0.129. The van der Waals surface area contributed by atoms with Gasteiger partial charge in [-0.05, 0) is 19.3 Å². The summed E-state index contributed by atoms with van der Waals surface area (Å²) in [6, 6.07) is 2.06. The number of ether oxygens (including phenoxy) is 1. The quantitative estimate of drug-likeness (QED) is 0.768. The SMILES string of the molecule is CCCC(C#N)C(=O)NCC1CCOC1CC. The van der Waals surface area contributed by atoms with Gasteiger partial charge in [-0.2, -0.15) is 5.26 Å². The Morgan fingerprint density at radius 2 is 2.35 bits per heavy atom. The first-order valence-electron chi connectivity index (χ1n) is 6.51. The summed E-state index contributed by atoms with van der Waals surface area (Å²) in [6.07, 6.45) is 3.75. The highest BCUT2D eigenvalue weighted by Gasteiger charge is 2.27. The second-order valence-corrected chi connectivity index (χ2v) is 4.58. The second kappa shape index (κ2) is 7.29. The molecule has 1 aliphatic heterocycles. The van der Waals surface area contributed by atoms with E-state index in [1.807, 2.05) is 6.92 Å². The molecular weight excluding hydrogens is 216 g/mol. The molecular formula is C13H22N2O2. The van der Waals surface area contributed by atoms with Gasteiger partial charge in [0.1, 0.15) is 5.92 Å². The van der Waals surface area contributed by atoms with Crippen LogP contribution in [0.15, 0.2) is 0 Å². The molecule has 17 heavy (non-hydrogen) atoms. The summed E-state index contributed by atoms with van der Waals surface area (Å²) in [5, 5.41) is 11.8. The van der Waals surface area contributed by atoms with Gasteiger partial charge in [0.05, 0.1) is 12.2 Å². The molecule has 1 heterocycles. The van der Waals surface area contributed by atoms with Gasteiger partial charge < -0.3 is 10.1 Å². The lowest BCUT2D eigenvalue weighted by Crippen LogP contribution is -2.36. The second-order valence-electron chi connectivity index (χ2n) is 4.58. The normalized spacial score (nSPS) is 25.2. The molecule has 0 aromatic carbocycles. The third-order valence-electron chi connectivity index (χ3n) is 3.34. The van der Waals surface area contributed by atoms with Crippen LogP contribution >= 0.6 is 0 Å². The van der Waals surface area contributed by atoms with Crippen molar-refractivity contribution < 1.29 is 9.53 Å². The lowest BCUT2D eigenvalue weighted by atomic mass is 9.98. The predicted octanol–water partition coefficient (Wildman–Crippen LogP) is 1.86. The number of carbonyl (C=O) groups excluding carboxylic acids is 1. The number of nitrogens with one attached hydrogen (secondary N) is 1. The average molecular weight is 238 g/mol. The monoisotopic (exact) mass is 238 g/mol. The van der Waals surface area contributed by atoms with Crippen LogP contribution in [0.5, 0.6) is 0 Å². The maximum Gasteiger partial charge on any atom is 0.237 e. The molecule has 1 N–H and O–H groups in total. The van der Waals surface area contributed by atoms with Crippen molar-refractivity contribution in [2.75, 3.05) is 13.2 Å². The van der Waals surface area contributed by atoms with Gasteiger partial charge in [0.25, 0.3) is 0 Å². The summed E-state index contributed by atoms with van der Waals surface area (Å²) in [4.78, 5) is 11.7. The van der Waals surface area contributed by atoms with Crippen molar-refractivity contribution in [2.24, 2.45) is 11.8 Å². The van der Waals surface area contributed by atoms with Crippen molar-refractivity contribution >= 4 is 5.91 Å². The molecule has 0 saturated carbocycles. The minimum atomic E-state index is -0.498. The molecule has 1 fully saturated rings. The topological polar surface area (TPSA) is 62.1 Å². The van der Waals surface area contributed by atoms with Gasteiger partial charge in [0.15, 0.2) is 0 Å². The fraction of sp³-hybridized carbons (Fsp3) is 0.846. The summed E-state index contributed by atoms with van der Waals surface area (Å²) >= 11 is 0. The molecule has 0 aromatic heterocycles. The maximum absolute atomic E-state index is 11.7. The lowest BCUT2D eigenvalue weighted by Gasteiger charge is -2.18. The third-order valence-corrected chi connectivity index (χ3v) is 3.34. The predicted molar refractivity (Wildman–Crippen MR) is 65.2 cm³/mol. The number of hydrogen-bond donors (Lipinski definition) is 1. The number of carbonyl (C=O) groups is 1.